The second-order valence-electron chi connectivity index (χ2n) is 5.75. The van der Waals surface area contributed by atoms with Crippen LogP contribution in [0.15, 0.2) is 12.2 Å². The Morgan fingerprint density at radius 2 is 2.00 bits per heavy atom. The summed E-state index contributed by atoms with van der Waals surface area (Å²) in [5, 5.41) is 3.38. The predicted molar refractivity (Wildman–Crippen MR) is 74.2 cm³/mol. The van der Waals surface area contributed by atoms with Crippen molar-refractivity contribution in [1.29, 1.82) is 0 Å². The quantitative estimate of drug-likeness (QED) is 0.738. The van der Waals surface area contributed by atoms with E-state index in [0.29, 0.717) is 0 Å². The molecule has 2 aliphatic rings. The van der Waals surface area contributed by atoms with Gasteiger partial charge in [0.2, 0.25) is 0 Å². The van der Waals surface area contributed by atoms with Crippen LogP contribution in [0.25, 0.3) is 0 Å². The highest BCUT2D eigenvalue weighted by Crippen LogP contribution is 2.35. The molecule has 0 radical (unpaired) electrons. The molecule has 17 heavy (non-hydrogen) atoms. The largest absolute Gasteiger partial charge is 0.313 e. The summed E-state index contributed by atoms with van der Waals surface area (Å²) < 4.78 is 0. The van der Waals surface area contributed by atoms with Crippen molar-refractivity contribution in [3.05, 3.63) is 12.2 Å². The summed E-state index contributed by atoms with van der Waals surface area (Å²) in [6.45, 7) is 10.8. The van der Waals surface area contributed by atoms with Gasteiger partial charge < -0.3 is 5.32 Å². The van der Waals surface area contributed by atoms with Crippen LogP contribution in [-0.4, -0.2) is 37.1 Å². The molecule has 1 aliphatic heterocycles. The van der Waals surface area contributed by atoms with Crippen molar-refractivity contribution in [3.8, 4) is 0 Å². The first-order chi connectivity index (χ1) is 8.31. The van der Waals surface area contributed by atoms with E-state index in [1.165, 1.54) is 50.6 Å². The average Bonchev–Trinajstić information content (AvgIpc) is 2.37. The van der Waals surface area contributed by atoms with E-state index >= 15 is 0 Å². The Bertz CT molecular complexity index is 247. The van der Waals surface area contributed by atoms with Gasteiger partial charge in [-0.05, 0) is 50.3 Å². The van der Waals surface area contributed by atoms with Gasteiger partial charge in [-0.2, -0.15) is 0 Å². The van der Waals surface area contributed by atoms with Gasteiger partial charge in [0.15, 0.2) is 0 Å². The molecule has 1 heterocycles. The Morgan fingerprint density at radius 1 is 1.24 bits per heavy atom. The van der Waals surface area contributed by atoms with Crippen LogP contribution in [0.5, 0.6) is 0 Å². The summed E-state index contributed by atoms with van der Waals surface area (Å²) >= 11 is 0. The molecule has 0 aromatic rings. The number of piperidine rings is 1. The topological polar surface area (TPSA) is 15.3 Å². The van der Waals surface area contributed by atoms with Gasteiger partial charge in [-0.25, -0.2) is 0 Å². The zero-order valence-corrected chi connectivity index (χ0v) is 11.4. The van der Waals surface area contributed by atoms with E-state index in [1.807, 2.05) is 0 Å². The first kappa shape index (κ1) is 13.1. The third-order valence-electron chi connectivity index (χ3n) is 4.41. The fourth-order valence-electron chi connectivity index (χ4n) is 3.57. The van der Waals surface area contributed by atoms with E-state index in [9.17, 15) is 0 Å². The molecule has 0 unspecified atom stereocenters. The van der Waals surface area contributed by atoms with Crippen molar-refractivity contribution in [1.82, 2.24) is 10.2 Å². The third-order valence-corrected chi connectivity index (χ3v) is 4.41. The van der Waals surface area contributed by atoms with Crippen LogP contribution >= 0.6 is 0 Å². The SMILES string of the molecule is C=C(CNCC)CN1CCC[C@H]2CCCC[C@H]21. The number of likely N-dealkylation sites (N-methyl/N-ethyl adjacent to an activating group) is 1. The van der Waals surface area contributed by atoms with Crippen LogP contribution in [-0.2, 0) is 0 Å². The lowest BCUT2D eigenvalue weighted by atomic mass is 9.78. The molecule has 2 nitrogen and oxygen atoms in total. The number of likely N-dealkylation sites (tertiary alicyclic amines) is 1. The van der Waals surface area contributed by atoms with Gasteiger partial charge >= 0.3 is 0 Å². The fourth-order valence-corrected chi connectivity index (χ4v) is 3.57. The molecule has 0 spiro atoms. The van der Waals surface area contributed by atoms with Crippen molar-refractivity contribution in [2.24, 2.45) is 5.92 Å². The van der Waals surface area contributed by atoms with E-state index in [0.717, 1.165) is 31.6 Å². The van der Waals surface area contributed by atoms with Crippen LogP contribution in [0.3, 0.4) is 0 Å². The molecule has 2 rings (SSSR count). The van der Waals surface area contributed by atoms with E-state index < -0.39 is 0 Å². The van der Waals surface area contributed by atoms with Gasteiger partial charge in [0.05, 0.1) is 0 Å². The molecule has 1 saturated carbocycles. The minimum Gasteiger partial charge on any atom is -0.313 e. The first-order valence-corrected chi connectivity index (χ1v) is 7.42. The lowest BCUT2D eigenvalue weighted by Crippen LogP contribution is -2.47. The molecule has 1 N–H and O–H groups in total. The highest BCUT2D eigenvalue weighted by molar-refractivity contribution is 5.02. The summed E-state index contributed by atoms with van der Waals surface area (Å²) in [5.41, 5.74) is 1.36. The summed E-state index contributed by atoms with van der Waals surface area (Å²) in [6, 6.07) is 0.871. The standard InChI is InChI=1S/C15H28N2/c1-3-16-11-13(2)12-17-10-6-8-14-7-4-5-9-15(14)17/h14-16H,2-12H2,1H3/t14-,15-/m1/s1. The van der Waals surface area contributed by atoms with Crippen LogP contribution in [0, 0.1) is 5.92 Å². The third kappa shape index (κ3) is 3.56. The summed E-state index contributed by atoms with van der Waals surface area (Å²) in [4.78, 5) is 2.72. The molecule has 0 aromatic carbocycles. The van der Waals surface area contributed by atoms with E-state index in [2.05, 4.69) is 23.7 Å². The molecule has 2 atom stereocenters. The maximum absolute atomic E-state index is 4.22. The van der Waals surface area contributed by atoms with Crippen molar-refractivity contribution in [2.45, 2.75) is 51.5 Å². The number of hydrogen-bond donors (Lipinski definition) is 1. The van der Waals surface area contributed by atoms with Crippen LogP contribution in [0.1, 0.15) is 45.4 Å². The van der Waals surface area contributed by atoms with E-state index in [1.54, 1.807) is 0 Å². The first-order valence-electron chi connectivity index (χ1n) is 7.42. The Hall–Kier alpha value is -0.340. The number of rotatable bonds is 5. The molecule has 98 valence electrons. The molecule has 0 bridgehead atoms. The molecule has 1 aliphatic carbocycles. The number of nitrogens with zero attached hydrogens (tertiary/aromatic N) is 1. The highest BCUT2D eigenvalue weighted by atomic mass is 15.2. The number of nitrogens with one attached hydrogen (secondary N) is 1. The summed E-state index contributed by atoms with van der Waals surface area (Å²) in [6.07, 6.45) is 8.68. The Labute approximate surface area is 106 Å². The number of hydrogen-bond acceptors (Lipinski definition) is 2. The van der Waals surface area contributed by atoms with Gasteiger partial charge in [0, 0.05) is 19.1 Å². The molecule has 1 saturated heterocycles. The second-order valence-corrected chi connectivity index (χ2v) is 5.75. The number of fused-ring (bicyclic) bond motifs is 1. The molecule has 2 fully saturated rings. The maximum Gasteiger partial charge on any atom is 0.0205 e. The lowest BCUT2D eigenvalue weighted by molar-refractivity contribution is 0.0687. The average molecular weight is 236 g/mol. The van der Waals surface area contributed by atoms with Crippen LogP contribution in [0.2, 0.25) is 0 Å². The fraction of sp³-hybridized carbons (Fsp3) is 0.867. The van der Waals surface area contributed by atoms with Crippen LogP contribution < -0.4 is 5.32 Å². The van der Waals surface area contributed by atoms with Gasteiger partial charge in [0.1, 0.15) is 0 Å². The summed E-state index contributed by atoms with van der Waals surface area (Å²) in [5.74, 6) is 0.990. The van der Waals surface area contributed by atoms with Gasteiger partial charge in [0.25, 0.3) is 0 Å². The molecular weight excluding hydrogens is 208 g/mol. The monoisotopic (exact) mass is 236 g/mol. The minimum atomic E-state index is 0.871. The van der Waals surface area contributed by atoms with Crippen molar-refractivity contribution in [3.63, 3.8) is 0 Å². The molecule has 2 heteroatoms. The molecule has 0 aromatic heterocycles. The van der Waals surface area contributed by atoms with Crippen molar-refractivity contribution in [2.75, 3.05) is 26.2 Å². The highest BCUT2D eigenvalue weighted by Gasteiger charge is 2.32. The minimum absolute atomic E-state index is 0.871. The van der Waals surface area contributed by atoms with E-state index in [4.69, 9.17) is 0 Å². The predicted octanol–water partition coefficient (Wildman–Crippen LogP) is 2.81. The molecule has 0 amide bonds. The van der Waals surface area contributed by atoms with Crippen LogP contribution in [0.4, 0.5) is 0 Å². The van der Waals surface area contributed by atoms with Gasteiger partial charge in [-0.15, -0.1) is 0 Å². The summed E-state index contributed by atoms with van der Waals surface area (Å²) in [7, 11) is 0. The van der Waals surface area contributed by atoms with Crippen molar-refractivity contribution < 1.29 is 0 Å². The smallest absolute Gasteiger partial charge is 0.0205 e. The maximum atomic E-state index is 4.22. The van der Waals surface area contributed by atoms with Gasteiger partial charge in [-0.1, -0.05) is 26.3 Å². The zero-order chi connectivity index (χ0) is 12.1. The Kier molecular flexibility index (Phi) is 5.05. The second kappa shape index (κ2) is 6.55. The van der Waals surface area contributed by atoms with E-state index in [-0.39, 0.29) is 0 Å². The Balaban J connectivity index is 1.83. The molecular formula is C15H28N2. The van der Waals surface area contributed by atoms with Crippen molar-refractivity contribution >= 4 is 0 Å². The zero-order valence-electron chi connectivity index (χ0n) is 11.4. The Morgan fingerprint density at radius 3 is 2.82 bits per heavy atom. The normalized spacial score (nSPS) is 29.9. The van der Waals surface area contributed by atoms with Gasteiger partial charge in [-0.3, -0.25) is 4.90 Å². The lowest BCUT2D eigenvalue weighted by Gasteiger charge is -2.44.